The Bertz CT molecular complexity index is 473. The molecule has 0 saturated carbocycles. The molecule has 2 rings (SSSR count). The zero-order valence-corrected chi connectivity index (χ0v) is 11.4. The number of amides is 1. The van der Waals surface area contributed by atoms with Gasteiger partial charge in [0.2, 0.25) is 0 Å². The summed E-state index contributed by atoms with van der Waals surface area (Å²) in [4.78, 5) is 14.2. The van der Waals surface area contributed by atoms with Crippen LogP contribution in [-0.2, 0) is 0 Å². The first-order valence-electron chi connectivity index (χ1n) is 6.76. The number of benzene rings is 1. The topological polar surface area (TPSA) is 40.5 Å². The number of carbonyl (C=O) groups excluding carboxylic acids is 1. The van der Waals surface area contributed by atoms with Gasteiger partial charge in [-0.1, -0.05) is 0 Å². The van der Waals surface area contributed by atoms with Gasteiger partial charge in [-0.25, -0.2) is 4.39 Å². The Morgan fingerprint density at radius 1 is 1.47 bits per heavy atom. The molecule has 19 heavy (non-hydrogen) atoms. The fraction of sp³-hybridized carbons (Fsp3) is 0.533. The number of aliphatic hydroxyl groups is 1. The summed E-state index contributed by atoms with van der Waals surface area (Å²) in [5.74, 6) is -0.420. The summed E-state index contributed by atoms with van der Waals surface area (Å²) >= 11 is 0. The average Bonchev–Trinajstić information content (AvgIpc) is 2.41. The number of halogens is 1. The van der Waals surface area contributed by atoms with Crippen molar-refractivity contribution in [2.24, 2.45) is 0 Å². The number of hydrogen-bond donors (Lipinski definition) is 1. The van der Waals surface area contributed by atoms with Crippen LogP contribution in [0, 0.1) is 12.7 Å². The van der Waals surface area contributed by atoms with E-state index in [1.807, 2.05) is 0 Å². The third kappa shape index (κ3) is 2.95. The maximum Gasteiger partial charge on any atom is 0.254 e. The minimum absolute atomic E-state index is 0.117. The number of rotatable bonds is 2. The van der Waals surface area contributed by atoms with Crippen LogP contribution in [-0.4, -0.2) is 34.6 Å². The molecule has 1 aromatic carbocycles. The Hall–Kier alpha value is -1.42. The third-order valence-corrected chi connectivity index (χ3v) is 3.77. The lowest BCUT2D eigenvalue weighted by Crippen LogP contribution is -2.48. The van der Waals surface area contributed by atoms with Crippen LogP contribution in [0.3, 0.4) is 0 Å². The van der Waals surface area contributed by atoms with Gasteiger partial charge in [0.05, 0.1) is 12.1 Å². The van der Waals surface area contributed by atoms with E-state index in [-0.39, 0.29) is 17.8 Å². The third-order valence-electron chi connectivity index (χ3n) is 3.77. The number of hydrogen-bond acceptors (Lipinski definition) is 2. The summed E-state index contributed by atoms with van der Waals surface area (Å²) in [5, 5.41) is 9.79. The number of likely N-dealkylation sites (tertiary alicyclic amines) is 1. The average molecular weight is 265 g/mol. The molecule has 4 heteroatoms. The number of piperidine rings is 1. The van der Waals surface area contributed by atoms with Crippen LogP contribution >= 0.6 is 0 Å². The predicted molar refractivity (Wildman–Crippen MR) is 71.5 cm³/mol. The molecule has 1 aliphatic heterocycles. The van der Waals surface area contributed by atoms with Crippen LogP contribution in [0.2, 0.25) is 0 Å². The van der Waals surface area contributed by atoms with E-state index in [0.717, 1.165) is 19.3 Å². The summed E-state index contributed by atoms with van der Waals surface area (Å²) < 4.78 is 13.2. The summed E-state index contributed by atoms with van der Waals surface area (Å²) in [6.07, 6.45) is 2.27. The van der Waals surface area contributed by atoms with Crippen molar-refractivity contribution in [3.05, 3.63) is 35.1 Å². The first kappa shape index (κ1) is 14.0. The van der Waals surface area contributed by atoms with Gasteiger partial charge in [-0.05, 0) is 56.9 Å². The van der Waals surface area contributed by atoms with Gasteiger partial charge >= 0.3 is 0 Å². The summed E-state index contributed by atoms with van der Waals surface area (Å²) in [7, 11) is 0. The largest absolute Gasteiger partial charge is 0.391 e. The molecule has 1 heterocycles. The number of nitrogens with zero attached hydrogens (tertiary/aromatic N) is 1. The Morgan fingerprint density at radius 3 is 2.84 bits per heavy atom. The van der Waals surface area contributed by atoms with E-state index in [0.29, 0.717) is 17.7 Å². The van der Waals surface area contributed by atoms with Gasteiger partial charge in [-0.2, -0.15) is 0 Å². The molecular weight excluding hydrogens is 245 g/mol. The lowest BCUT2D eigenvalue weighted by atomic mass is 9.97. The Morgan fingerprint density at radius 2 is 2.21 bits per heavy atom. The second-order valence-corrected chi connectivity index (χ2v) is 5.27. The molecule has 1 saturated heterocycles. The fourth-order valence-electron chi connectivity index (χ4n) is 2.65. The van der Waals surface area contributed by atoms with E-state index in [4.69, 9.17) is 0 Å². The fourth-order valence-corrected chi connectivity index (χ4v) is 2.65. The second-order valence-electron chi connectivity index (χ2n) is 5.27. The van der Waals surface area contributed by atoms with Crippen LogP contribution in [0.4, 0.5) is 4.39 Å². The first-order chi connectivity index (χ1) is 9.00. The van der Waals surface area contributed by atoms with Crippen molar-refractivity contribution in [2.45, 2.75) is 45.3 Å². The molecule has 1 aliphatic rings. The van der Waals surface area contributed by atoms with Crippen LogP contribution in [0.1, 0.15) is 42.1 Å². The van der Waals surface area contributed by atoms with Gasteiger partial charge in [-0.15, -0.1) is 0 Å². The highest BCUT2D eigenvalue weighted by Crippen LogP contribution is 2.22. The quantitative estimate of drug-likeness (QED) is 0.892. The maximum absolute atomic E-state index is 13.2. The van der Waals surface area contributed by atoms with Crippen molar-refractivity contribution < 1.29 is 14.3 Å². The van der Waals surface area contributed by atoms with E-state index in [9.17, 15) is 14.3 Å². The van der Waals surface area contributed by atoms with E-state index < -0.39 is 6.10 Å². The molecule has 2 atom stereocenters. The lowest BCUT2D eigenvalue weighted by Gasteiger charge is -2.37. The minimum atomic E-state index is -0.536. The van der Waals surface area contributed by atoms with Gasteiger partial charge in [0, 0.05) is 12.1 Å². The highest BCUT2D eigenvalue weighted by Gasteiger charge is 2.30. The van der Waals surface area contributed by atoms with Crippen LogP contribution in [0.25, 0.3) is 0 Å². The minimum Gasteiger partial charge on any atom is -0.391 e. The van der Waals surface area contributed by atoms with Gasteiger partial charge in [0.1, 0.15) is 5.82 Å². The molecule has 0 aromatic heterocycles. The molecule has 1 N–H and O–H groups in total. The monoisotopic (exact) mass is 265 g/mol. The standard InChI is InChI=1S/C15H20FNO2/c1-10-9-12(6-7-13(10)16)15(19)17-8-4-3-5-14(17)11(2)18/h6-7,9,11,14,18H,3-5,8H2,1-2H3. The molecule has 0 aliphatic carbocycles. The molecule has 104 valence electrons. The Labute approximate surface area is 113 Å². The molecule has 2 unspecified atom stereocenters. The molecule has 1 aromatic rings. The predicted octanol–water partition coefficient (Wildman–Crippen LogP) is 2.51. The van der Waals surface area contributed by atoms with Crippen molar-refractivity contribution in [2.75, 3.05) is 6.54 Å². The summed E-state index contributed by atoms with van der Waals surface area (Å²) in [6.45, 7) is 4.02. The molecule has 0 radical (unpaired) electrons. The second kappa shape index (κ2) is 5.70. The zero-order chi connectivity index (χ0) is 14.0. The smallest absolute Gasteiger partial charge is 0.254 e. The van der Waals surface area contributed by atoms with E-state index >= 15 is 0 Å². The highest BCUT2D eigenvalue weighted by molar-refractivity contribution is 5.94. The molecular formula is C15H20FNO2. The van der Waals surface area contributed by atoms with E-state index in [1.54, 1.807) is 24.8 Å². The molecule has 0 spiro atoms. The summed E-state index contributed by atoms with van der Waals surface area (Å²) in [6, 6.07) is 4.28. The maximum atomic E-state index is 13.2. The van der Waals surface area contributed by atoms with Gasteiger partial charge in [-0.3, -0.25) is 4.79 Å². The number of carbonyl (C=O) groups is 1. The normalized spacial score (nSPS) is 21.3. The van der Waals surface area contributed by atoms with Crippen molar-refractivity contribution in [3.8, 4) is 0 Å². The van der Waals surface area contributed by atoms with Crippen LogP contribution in [0.5, 0.6) is 0 Å². The van der Waals surface area contributed by atoms with Crippen LogP contribution < -0.4 is 0 Å². The summed E-state index contributed by atoms with van der Waals surface area (Å²) in [5.41, 5.74) is 0.961. The first-order valence-corrected chi connectivity index (χ1v) is 6.76. The van der Waals surface area contributed by atoms with Crippen molar-refractivity contribution in [1.29, 1.82) is 0 Å². The molecule has 3 nitrogen and oxygen atoms in total. The molecule has 1 amide bonds. The number of aryl methyl sites for hydroxylation is 1. The van der Waals surface area contributed by atoms with Gasteiger partial charge in [0.15, 0.2) is 0 Å². The van der Waals surface area contributed by atoms with E-state index in [2.05, 4.69) is 0 Å². The number of aliphatic hydroxyl groups excluding tert-OH is 1. The van der Waals surface area contributed by atoms with Crippen molar-refractivity contribution in [1.82, 2.24) is 4.90 Å². The zero-order valence-electron chi connectivity index (χ0n) is 11.4. The van der Waals surface area contributed by atoms with Gasteiger partial charge < -0.3 is 10.0 Å². The van der Waals surface area contributed by atoms with Crippen molar-refractivity contribution in [3.63, 3.8) is 0 Å². The van der Waals surface area contributed by atoms with Gasteiger partial charge in [0.25, 0.3) is 5.91 Å². The lowest BCUT2D eigenvalue weighted by molar-refractivity contribution is 0.0281. The Kier molecular flexibility index (Phi) is 4.20. The van der Waals surface area contributed by atoms with E-state index in [1.165, 1.54) is 12.1 Å². The SMILES string of the molecule is Cc1cc(C(=O)N2CCCCC2C(C)O)ccc1F. The Balaban J connectivity index is 2.23. The molecule has 0 bridgehead atoms. The van der Waals surface area contributed by atoms with Crippen LogP contribution in [0.15, 0.2) is 18.2 Å². The highest BCUT2D eigenvalue weighted by atomic mass is 19.1. The van der Waals surface area contributed by atoms with Crippen molar-refractivity contribution >= 4 is 5.91 Å². The molecule has 1 fully saturated rings.